The van der Waals surface area contributed by atoms with Gasteiger partial charge in [-0.05, 0) is 49.9 Å². The molecule has 0 aliphatic carbocycles. The number of amides is 1. The fourth-order valence-electron chi connectivity index (χ4n) is 3.23. The standard InChI is InChI=1S/C18H21N3O3/c22-17(23)9-8-15-6-1-2-11-20(15)18(24)14-5-3-7-16(13-14)21-12-4-10-19-21/h3-5,7,10,12-13,15H,1-2,6,8-9,11H2,(H,22,23). The maximum atomic E-state index is 12.9. The lowest BCUT2D eigenvalue weighted by Gasteiger charge is -2.35. The third-order valence-electron chi connectivity index (χ3n) is 4.44. The molecule has 3 rings (SSSR count). The van der Waals surface area contributed by atoms with Crippen LogP contribution < -0.4 is 0 Å². The number of likely N-dealkylation sites (tertiary alicyclic amines) is 1. The topological polar surface area (TPSA) is 75.4 Å². The Kier molecular flexibility index (Phi) is 4.93. The predicted octanol–water partition coefficient (Wildman–Crippen LogP) is 2.73. The van der Waals surface area contributed by atoms with Crippen LogP contribution in [0.3, 0.4) is 0 Å². The lowest BCUT2D eigenvalue weighted by Crippen LogP contribution is -2.44. The Morgan fingerprint density at radius 2 is 2.12 bits per heavy atom. The van der Waals surface area contributed by atoms with Gasteiger partial charge in [0.1, 0.15) is 0 Å². The Bertz CT molecular complexity index is 712. The second-order valence-corrected chi connectivity index (χ2v) is 6.08. The van der Waals surface area contributed by atoms with Gasteiger partial charge in [-0.2, -0.15) is 5.10 Å². The smallest absolute Gasteiger partial charge is 0.303 e. The lowest BCUT2D eigenvalue weighted by atomic mass is 9.97. The highest BCUT2D eigenvalue weighted by atomic mass is 16.4. The fourth-order valence-corrected chi connectivity index (χ4v) is 3.23. The normalized spacial score (nSPS) is 17.7. The largest absolute Gasteiger partial charge is 0.481 e. The Morgan fingerprint density at radius 1 is 1.25 bits per heavy atom. The molecule has 2 heterocycles. The first-order valence-corrected chi connectivity index (χ1v) is 8.28. The number of carbonyl (C=O) groups is 2. The molecule has 0 bridgehead atoms. The van der Waals surface area contributed by atoms with Gasteiger partial charge in [-0.3, -0.25) is 9.59 Å². The van der Waals surface area contributed by atoms with E-state index in [-0.39, 0.29) is 18.4 Å². The van der Waals surface area contributed by atoms with Gasteiger partial charge in [0.05, 0.1) is 5.69 Å². The molecular formula is C18H21N3O3. The summed E-state index contributed by atoms with van der Waals surface area (Å²) in [5.74, 6) is -0.840. The molecule has 1 saturated heterocycles. The zero-order valence-electron chi connectivity index (χ0n) is 13.5. The van der Waals surface area contributed by atoms with Crippen molar-refractivity contribution in [3.8, 4) is 5.69 Å². The molecule has 1 aliphatic rings. The third kappa shape index (κ3) is 3.64. The van der Waals surface area contributed by atoms with E-state index in [9.17, 15) is 9.59 Å². The molecule has 0 saturated carbocycles. The number of carboxylic acids is 1. The Balaban J connectivity index is 1.79. The summed E-state index contributed by atoms with van der Waals surface area (Å²) in [4.78, 5) is 25.6. The molecule has 2 aromatic rings. The number of carboxylic acid groups (broad SMARTS) is 1. The van der Waals surface area contributed by atoms with Crippen LogP contribution in [-0.4, -0.2) is 44.3 Å². The number of benzene rings is 1. The highest BCUT2D eigenvalue weighted by Gasteiger charge is 2.27. The first-order valence-electron chi connectivity index (χ1n) is 8.28. The maximum Gasteiger partial charge on any atom is 0.303 e. The van der Waals surface area contributed by atoms with E-state index in [1.165, 1.54) is 0 Å². The summed E-state index contributed by atoms with van der Waals surface area (Å²) in [6.07, 6.45) is 7.02. The van der Waals surface area contributed by atoms with Gasteiger partial charge in [-0.25, -0.2) is 4.68 Å². The predicted molar refractivity (Wildman–Crippen MR) is 89.1 cm³/mol. The van der Waals surface area contributed by atoms with Gasteiger partial charge in [-0.15, -0.1) is 0 Å². The van der Waals surface area contributed by atoms with Crippen LogP contribution in [-0.2, 0) is 4.79 Å². The molecule has 1 amide bonds. The van der Waals surface area contributed by atoms with Crippen LogP contribution in [0.2, 0.25) is 0 Å². The van der Waals surface area contributed by atoms with Gasteiger partial charge in [0.25, 0.3) is 5.91 Å². The second-order valence-electron chi connectivity index (χ2n) is 6.08. The molecule has 24 heavy (non-hydrogen) atoms. The van der Waals surface area contributed by atoms with E-state index in [1.54, 1.807) is 16.9 Å². The summed E-state index contributed by atoms with van der Waals surface area (Å²) in [5.41, 5.74) is 1.45. The van der Waals surface area contributed by atoms with E-state index in [0.29, 0.717) is 18.5 Å². The van der Waals surface area contributed by atoms with E-state index < -0.39 is 5.97 Å². The SMILES string of the molecule is O=C(O)CCC1CCCCN1C(=O)c1cccc(-n2cccn2)c1. The number of rotatable bonds is 5. The van der Waals surface area contributed by atoms with Crippen LogP contribution in [0.15, 0.2) is 42.7 Å². The zero-order chi connectivity index (χ0) is 16.9. The van der Waals surface area contributed by atoms with Crippen LogP contribution >= 0.6 is 0 Å². The molecule has 1 N–H and O–H groups in total. The first-order chi connectivity index (χ1) is 11.6. The maximum absolute atomic E-state index is 12.9. The highest BCUT2D eigenvalue weighted by Crippen LogP contribution is 2.23. The molecule has 6 heteroatoms. The van der Waals surface area contributed by atoms with E-state index in [4.69, 9.17) is 5.11 Å². The zero-order valence-corrected chi connectivity index (χ0v) is 13.5. The van der Waals surface area contributed by atoms with Crippen molar-refractivity contribution >= 4 is 11.9 Å². The highest BCUT2D eigenvalue weighted by molar-refractivity contribution is 5.95. The van der Waals surface area contributed by atoms with Gasteiger partial charge in [0.2, 0.25) is 0 Å². The van der Waals surface area contributed by atoms with Crippen LogP contribution in [0.4, 0.5) is 0 Å². The minimum Gasteiger partial charge on any atom is -0.481 e. The Morgan fingerprint density at radius 3 is 2.88 bits per heavy atom. The monoisotopic (exact) mass is 327 g/mol. The van der Waals surface area contributed by atoms with Crippen molar-refractivity contribution in [3.63, 3.8) is 0 Å². The van der Waals surface area contributed by atoms with Crippen molar-refractivity contribution in [3.05, 3.63) is 48.3 Å². The fraction of sp³-hybridized carbons (Fsp3) is 0.389. The van der Waals surface area contributed by atoms with Crippen LogP contribution in [0.1, 0.15) is 42.5 Å². The van der Waals surface area contributed by atoms with Gasteiger partial charge >= 0.3 is 5.97 Å². The summed E-state index contributed by atoms with van der Waals surface area (Å²) in [5, 5.41) is 13.1. The van der Waals surface area contributed by atoms with E-state index in [2.05, 4.69) is 5.10 Å². The number of aromatic nitrogens is 2. The van der Waals surface area contributed by atoms with E-state index >= 15 is 0 Å². The van der Waals surface area contributed by atoms with Gasteiger partial charge < -0.3 is 10.0 Å². The van der Waals surface area contributed by atoms with Crippen LogP contribution in [0, 0.1) is 0 Å². The number of carbonyl (C=O) groups excluding carboxylic acids is 1. The Hall–Kier alpha value is -2.63. The molecule has 6 nitrogen and oxygen atoms in total. The van der Waals surface area contributed by atoms with Crippen LogP contribution in [0.25, 0.3) is 5.69 Å². The average Bonchev–Trinajstić information content (AvgIpc) is 3.14. The molecule has 1 fully saturated rings. The second kappa shape index (κ2) is 7.29. The molecule has 0 spiro atoms. The number of aliphatic carboxylic acids is 1. The summed E-state index contributed by atoms with van der Waals surface area (Å²) in [6, 6.07) is 9.23. The van der Waals surface area contributed by atoms with Crippen molar-refractivity contribution in [2.24, 2.45) is 0 Å². The van der Waals surface area contributed by atoms with Gasteiger partial charge in [0, 0.05) is 37.0 Å². The van der Waals surface area contributed by atoms with Crippen molar-refractivity contribution in [1.82, 2.24) is 14.7 Å². The molecule has 1 unspecified atom stereocenters. The Labute approximate surface area is 140 Å². The molecule has 1 aromatic carbocycles. The molecule has 1 atom stereocenters. The van der Waals surface area contributed by atoms with Crippen molar-refractivity contribution in [1.29, 1.82) is 0 Å². The summed E-state index contributed by atoms with van der Waals surface area (Å²) >= 11 is 0. The summed E-state index contributed by atoms with van der Waals surface area (Å²) in [6.45, 7) is 0.690. The molecule has 126 valence electrons. The number of nitrogens with zero attached hydrogens (tertiary/aromatic N) is 3. The quantitative estimate of drug-likeness (QED) is 0.916. The number of piperidine rings is 1. The number of hydrogen-bond acceptors (Lipinski definition) is 3. The third-order valence-corrected chi connectivity index (χ3v) is 4.44. The summed E-state index contributed by atoms with van der Waals surface area (Å²) < 4.78 is 1.72. The van der Waals surface area contributed by atoms with Gasteiger partial charge in [0.15, 0.2) is 0 Å². The van der Waals surface area contributed by atoms with Crippen molar-refractivity contribution < 1.29 is 14.7 Å². The van der Waals surface area contributed by atoms with Crippen molar-refractivity contribution in [2.75, 3.05) is 6.54 Å². The molecule has 1 aromatic heterocycles. The van der Waals surface area contributed by atoms with Gasteiger partial charge in [-0.1, -0.05) is 6.07 Å². The minimum atomic E-state index is -0.811. The summed E-state index contributed by atoms with van der Waals surface area (Å²) in [7, 11) is 0. The lowest BCUT2D eigenvalue weighted by molar-refractivity contribution is -0.137. The molecular weight excluding hydrogens is 306 g/mol. The van der Waals surface area contributed by atoms with E-state index in [1.807, 2.05) is 35.4 Å². The molecule has 1 aliphatic heterocycles. The average molecular weight is 327 g/mol. The van der Waals surface area contributed by atoms with Crippen LogP contribution in [0.5, 0.6) is 0 Å². The first kappa shape index (κ1) is 16.2. The number of hydrogen-bond donors (Lipinski definition) is 1. The minimum absolute atomic E-state index is 0.00992. The molecule has 0 radical (unpaired) electrons. The van der Waals surface area contributed by atoms with Crippen molar-refractivity contribution in [2.45, 2.75) is 38.1 Å². The van der Waals surface area contributed by atoms with E-state index in [0.717, 1.165) is 24.9 Å².